The van der Waals surface area contributed by atoms with Gasteiger partial charge in [-0.25, -0.2) is 8.42 Å². The molecular formula is C11H15NaO4S. The predicted octanol–water partition coefficient (Wildman–Crippen LogP) is -0.980. The van der Waals surface area contributed by atoms with E-state index in [1.54, 1.807) is 0 Å². The summed E-state index contributed by atoms with van der Waals surface area (Å²) in [6.07, 6.45) is 0.932. The largest absolute Gasteiger partial charge is 1.00 e. The maximum atomic E-state index is 10.7. The van der Waals surface area contributed by atoms with E-state index in [4.69, 9.17) is 4.74 Å². The molecule has 0 aliphatic rings. The van der Waals surface area contributed by atoms with Gasteiger partial charge in [0, 0.05) is 0 Å². The molecule has 4 nitrogen and oxygen atoms in total. The number of ether oxygens (including phenoxy) is 1. The molecule has 0 bridgehead atoms. The van der Waals surface area contributed by atoms with E-state index in [0.717, 1.165) is 6.42 Å². The van der Waals surface area contributed by atoms with E-state index in [1.165, 1.54) is 24.3 Å². The van der Waals surface area contributed by atoms with Gasteiger partial charge < -0.3 is 9.29 Å². The SMILES string of the molecule is CC(C)CCOc1ccc(S(=O)(=O)[O-])cc1.[Na+]. The standard InChI is InChI=1S/C11H16O4S.Na/c1-9(2)7-8-15-10-3-5-11(6-4-10)16(12,13)14;/h3-6,9H,7-8H2,1-2H3,(H,12,13,14);/q;+1/p-1. The number of rotatable bonds is 5. The van der Waals surface area contributed by atoms with Gasteiger partial charge in [-0.05, 0) is 36.6 Å². The molecule has 0 aliphatic carbocycles. The summed E-state index contributed by atoms with van der Waals surface area (Å²) < 4.78 is 37.3. The quantitative estimate of drug-likeness (QED) is 0.507. The first-order valence-corrected chi connectivity index (χ1v) is 6.49. The van der Waals surface area contributed by atoms with Crippen LogP contribution < -0.4 is 34.3 Å². The van der Waals surface area contributed by atoms with E-state index in [0.29, 0.717) is 18.3 Å². The molecule has 0 fully saturated rings. The van der Waals surface area contributed by atoms with Crippen molar-refractivity contribution in [1.29, 1.82) is 0 Å². The van der Waals surface area contributed by atoms with Gasteiger partial charge in [-0.15, -0.1) is 0 Å². The Labute approximate surface area is 124 Å². The minimum Gasteiger partial charge on any atom is -0.744 e. The third-order valence-electron chi connectivity index (χ3n) is 2.08. The maximum Gasteiger partial charge on any atom is 1.00 e. The molecule has 0 atom stereocenters. The molecule has 0 saturated heterocycles. The van der Waals surface area contributed by atoms with Crippen LogP contribution in [0.25, 0.3) is 0 Å². The van der Waals surface area contributed by atoms with Crippen LogP contribution in [0.5, 0.6) is 5.75 Å². The fourth-order valence-electron chi connectivity index (χ4n) is 1.12. The van der Waals surface area contributed by atoms with Crippen LogP contribution in [0.4, 0.5) is 0 Å². The Bertz CT molecular complexity index is 425. The van der Waals surface area contributed by atoms with Crippen molar-refractivity contribution in [3.8, 4) is 5.75 Å². The van der Waals surface area contributed by atoms with Gasteiger partial charge in [-0.2, -0.15) is 0 Å². The summed E-state index contributed by atoms with van der Waals surface area (Å²) in [6, 6.07) is 5.50. The van der Waals surface area contributed by atoms with Gasteiger partial charge in [0.2, 0.25) is 0 Å². The number of benzene rings is 1. The Morgan fingerprint density at radius 3 is 2.18 bits per heavy atom. The summed E-state index contributed by atoms with van der Waals surface area (Å²) in [5, 5.41) is 0. The second-order valence-corrected chi connectivity index (χ2v) is 5.34. The van der Waals surface area contributed by atoms with Crippen LogP contribution in [-0.4, -0.2) is 19.6 Å². The van der Waals surface area contributed by atoms with E-state index in [-0.39, 0.29) is 34.5 Å². The monoisotopic (exact) mass is 266 g/mol. The second-order valence-electron chi connectivity index (χ2n) is 3.96. The molecule has 1 aromatic rings. The van der Waals surface area contributed by atoms with Gasteiger partial charge in [0.15, 0.2) is 0 Å². The molecule has 0 heterocycles. The smallest absolute Gasteiger partial charge is 0.744 e. The molecule has 0 aromatic heterocycles. The second kappa shape index (κ2) is 7.38. The Kier molecular flexibility index (Phi) is 7.35. The Hall–Kier alpha value is -0.0700. The van der Waals surface area contributed by atoms with Crippen LogP contribution in [0.3, 0.4) is 0 Å². The first-order chi connectivity index (χ1) is 7.39. The summed E-state index contributed by atoms with van der Waals surface area (Å²) in [4.78, 5) is -0.233. The fraction of sp³-hybridized carbons (Fsp3) is 0.455. The van der Waals surface area contributed by atoms with Crippen molar-refractivity contribution >= 4 is 10.1 Å². The van der Waals surface area contributed by atoms with E-state index < -0.39 is 10.1 Å². The normalized spacial score (nSPS) is 11.1. The van der Waals surface area contributed by atoms with Crippen LogP contribution >= 0.6 is 0 Å². The fourth-order valence-corrected chi connectivity index (χ4v) is 1.58. The van der Waals surface area contributed by atoms with Crippen molar-refractivity contribution in [2.24, 2.45) is 5.92 Å². The number of hydrogen-bond acceptors (Lipinski definition) is 4. The average Bonchev–Trinajstić information content (AvgIpc) is 2.16. The van der Waals surface area contributed by atoms with Gasteiger partial charge in [0.05, 0.1) is 11.5 Å². The van der Waals surface area contributed by atoms with Crippen LogP contribution in [-0.2, 0) is 10.1 Å². The van der Waals surface area contributed by atoms with E-state index in [9.17, 15) is 13.0 Å². The van der Waals surface area contributed by atoms with Crippen LogP contribution in [0.1, 0.15) is 20.3 Å². The van der Waals surface area contributed by atoms with E-state index >= 15 is 0 Å². The molecule has 1 aromatic carbocycles. The zero-order chi connectivity index (χ0) is 12.2. The van der Waals surface area contributed by atoms with Crippen molar-refractivity contribution in [2.45, 2.75) is 25.2 Å². The van der Waals surface area contributed by atoms with Gasteiger partial charge >= 0.3 is 29.6 Å². The summed E-state index contributed by atoms with van der Waals surface area (Å²) in [5.74, 6) is 1.13. The minimum absolute atomic E-state index is 0. The molecule has 0 unspecified atom stereocenters. The van der Waals surface area contributed by atoms with E-state index in [1.807, 2.05) is 0 Å². The van der Waals surface area contributed by atoms with Gasteiger partial charge in [-0.3, -0.25) is 0 Å². The Morgan fingerprint density at radius 2 is 1.76 bits per heavy atom. The van der Waals surface area contributed by atoms with Gasteiger partial charge in [-0.1, -0.05) is 13.8 Å². The molecule has 0 amide bonds. The molecule has 17 heavy (non-hydrogen) atoms. The van der Waals surface area contributed by atoms with Crippen molar-refractivity contribution < 1.29 is 47.3 Å². The third kappa shape index (κ3) is 6.43. The molecule has 0 spiro atoms. The average molecular weight is 266 g/mol. The maximum absolute atomic E-state index is 10.7. The zero-order valence-electron chi connectivity index (χ0n) is 10.3. The minimum atomic E-state index is -4.36. The summed E-state index contributed by atoms with van der Waals surface area (Å²) in [6.45, 7) is 4.77. The molecule has 90 valence electrons. The first kappa shape index (κ1) is 16.9. The molecule has 1 rings (SSSR count). The zero-order valence-corrected chi connectivity index (χ0v) is 13.2. The third-order valence-corrected chi connectivity index (χ3v) is 2.93. The molecule has 0 N–H and O–H groups in total. The molecule has 6 heteroatoms. The summed E-state index contributed by atoms with van der Waals surface area (Å²) in [7, 11) is -4.36. The van der Waals surface area contributed by atoms with Crippen molar-refractivity contribution in [1.82, 2.24) is 0 Å². The predicted molar refractivity (Wildman–Crippen MR) is 59.4 cm³/mol. The van der Waals surface area contributed by atoms with E-state index in [2.05, 4.69) is 13.8 Å². The van der Waals surface area contributed by atoms with Crippen molar-refractivity contribution in [3.63, 3.8) is 0 Å². The molecule has 0 saturated carbocycles. The molecular weight excluding hydrogens is 251 g/mol. The van der Waals surface area contributed by atoms with Crippen LogP contribution in [0.2, 0.25) is 0 Å². The summed E-state index contributed by atoms with van der Waals surface area (Å²) in [5.41, 5.74) is 0. The topological polar surface area (TPSA) is 66.4 Å². The molecule has 0 aliphatic heterocycles. The van der Waals surface area contributed by atoms with Crippen LogP contribution in [0, 0.1) is 5.92 Å². The van der Waals surface area contributed by atoms with Gasteiger partial charge in [0.25, 0.3) is 0 Å². The van der Waals surface area contributed by atoms with Crippen LogP contribution in [0.15, 0.2) is 29.2 Å². The van der Waals surface area contributed by atoms with Crippen molar-refractivity contribution in [3.05, 3.63) is 24.3 Å². The summed E-state index contributed by atoms with van der Waals surface area (Å²) >= 11 is 0. The number of hydrogen-bond donors (Lipinski definition) is 0. The molecule has 0 radical (unpaired) electrons. The first-order valence-electron chi connectivity index (χ1n) is 5.08. The Morgan fingerprint density at radius 1 is 1.24 bits per heavy atom. The Balaban J connectivity index is 0.00000256. The van der Waals surface area contributed by atoms with Gasteiger partial charge in [0.1, 0.15) is 15.9 Å². The van der Waals surface area contributed by atoms with Crippen molar-refractivity contribution in [2.75, 3.05) is 6.61 Å².